The summed E-state index contributed by atoms with van der Waals surface area (Å²) in [6, 6.07) is 8.78. The van der Waals surface area contributed by atoms with Crippen LogP contribution in [0.5, 0.6) is 23.0 Å². The van der Waals surface area contributed by atoms with E-state index in [-0.39, 0.29) is 24.3 Å². The third-order valence-electron chi connectivity index (χ3n) is 5.06. The maximum atomic E-state index is 13.0. The molecule has 1 aliphatic rings. The number of aryl methyl sites for hydroxylation is 1. The van der Waals surface area contributed by atoms with Crippen LogP contribution in [0.25, 0.3) is 10.9 Å². The van der Waals surface area contributed by atoms with Crippen molar-refractivity contribution in [3.8, 4) is 23.0 Å². The molecule has 3 aromatic rings. The van der Waals surface area contributed by atoms with Crippen LogP contribution >= 0.6 is 0 Å². The molecule has 1 N–H and O–H groups in total. The molecule has 0 aliphatic carbocycles. The zero-order chi connectivity index (χ0) is 21.3. The Morgan fingerprint density at radius 3 is 2.53 bits per heavy atom. The zero-order valence-electron chi connectivity index (χ0n) is 17.0. The quantitative estimate of drug-likeness (QED) is 0.672. The van der Waals surface area contributed by atoms with Gasteiger partial charge < -0.3 is 28.8 Å². The minimum absolute atomic E-state index is 0.0729. The molecule has 1 aromatic heterocycles. The fraction of sp³-hybridized carbons (Fsp3) is 0.273. The first-order valence-corrected chi connectivity index (χ1v) is 9.51. The van der Waals surface area contributed by atoms with E-state index in [0.717, 1.165) is 5.56 Å². The number of pyridine rings is 1. The van der Waals surface area contributed by atoms with Crippen molar-refractivity contribution in [2.75, 3.05) is 21.0 Å². The summed E-state index contributed by atoms with van der Waals surface area (Å²) >= 11 is 0. The van der Waals surface area contributed by atoms with E-state index < -0.39 is 5.91 Å². The highest BCUT2D eigenvalue weighted by atomic mass is 16.7. The number of benzene rings is 2. The van der Waals surface area contributed by atoms with Crippen molar-refractivity contribution in [1.82, 2.24) is 9.88 Å². The summed E-state index contributed by atoms with van der Waals surface area (Å²) in [5, 5.41) is 3.23. The molecule has 0 bridgehead atoms. The van der Waals surface area contributed by atoms with Gasteiger partial charge in [-0.15, -0.1) is 0 Å². The van der Waals surface area contributed by atoms with E-state index in [0.29, 0.717) is 40.4 Å². The number of hydrogen-bond donors (Lipinski definition) is 1. The molecule has 8 nitrogen and oxygen atoms in total. The summed E-state index contributed by atoms with van der Waals surface area (Å²) in [6.45, 7) is 2.89. The molecule has 0 fully saturated rings. The van der Waals surface area contributed by atoms with Crippen LogP contribution in [0, 0.1) is 0 Å². The smallest absolute Gasteiger partial charge is 0.257 e. The lowest BCUT2D eigenvalue weighted by Crippen LogP contribution is -2.29. The van der Waals surface area contributed by atoms with Crippen LogP contribution in [0.15, 0.2) is 41.3 Å². The van der Waals surface area contributed by atoms with Crippen molar-refractivity contribution < 1.29 is 23.7 Å². The fourth-order valence-corrected chi connectivity index (χ4v) is 3.47. The number of nitrogens with one attached hydrogen (secondary N) is 1. The van der Waals surface area contributed by atoms with E-state index in [9.17, 15) is 9.59 Å². The summed E-state index contributed by atoms with van der Waals surface area (Å²) in [7, 11) is 3.11. The molecule has 0 saturated heterocycles. The first-order valence-electron chi connectivity index (χ1n) is 9.51. The Labute approximate surface area is 172 Å². The van der Waals surface area contributed by atoms with Crippen molar-refractivity contribution in [3.05, 3.63) is 57.9 Å². The molecule has 1 amide bonds. The maximum Gasteiger partial charge on any atom is 0.257 e. The average Bonchev–Trinajstić information content (AvgIpc) is 3.24. The molecule has 2 aromatic carbocycles. The summed E-state index contributed by atoms with van der Waals surface area (Å²) in [4.78, 5) is 25.9. The van der Waals surface area contributed by atoms with Crippen LogP contribution in [0.4, 0.5) is 0 Å². The van der Waals surface area contributed by atoms with Gasteiger partial charge in [0.1, 0.15) is 5.56 Å². The Hall–Kier alpha value is -3.68. The monoisotopic (exact) mass is 410 g/mol. The van der Waals surface area contributed by atoms with Crippen molar-refractivity contribution in [3.63, 3.8) is 0 Å². The first-order chi connectivity index (χ1) is 14.5. The van der Waals surface area contributed by atoms with Gasteiger partial charge in [0.25, 0.3) is 5.91 Å². The summed E-state index contributed by atoms with van der Waals surface area (Å²) in [6.07, 6.45) is 1.58. The van der Waals surface area contributed by atoms with Crippen LogP contribution in [0.1, 0.15) is 22.8 Å². The number of carbonyl (C=O) groups excluding carboxylic acids is 1. The average molecular weight is 410 g/mol. The van der Waals surface area contributed by atoms with Gasteiger partial charge in [-0.3, -0.25) is 9.59 Å². The summed E-state index contributed by atoms with van der Waals surface area (Å²) in [5.74, 6) is 1.82. The Morgan fingerprint density at radius 2 is 1.83 bits per heavy atom. The number of ether oxygens (including phenoxy) is 4. The van der Waals surface area contributed by atoms with Crippen molar-refractivity contribution >= 4 is 16.8 Å². The number of nitrogens with zero attached hydrogens (tertiary/aromatic N) is 1. The summed E-state index contributed by atoms with van der Waals surface area (Å²) in [5.41, 5.74) is 1.24. The van der Waals surface area contributed by atoms with Crippen LogP contribution < -0.4 is 29.7 Å². The SMILES string of the molecule is CCn1cc(C(=O)NCc2ccc(OC)c(OC)c2)c(=O)c2cc3c(cc21)OCO3. The minimum Gasteiger partial charge on any atom is -0.493 e. The zero-order valence-corrected chi connectivity index (χ0v) is 17.0. The van der Waals surface area contributed by atoms with E-state index in [4.69, 9.17) is 18.9 Å². The largest absolute Gasteiger partial charge is 0.493 e. The molecule has 2 heterocycles. The van der Waals surface area contributed by atoms with Gasteiger partial charge in [0.15, 0.2) is 23.0 Å². The van der Waals surface area contributed by atoms with E-state index in [2.05, 4.69) is 5.32 Å². The molecule has 0 unspecified atom stereocenters. The third-order valence-corrected chi connectivity index (χ3v) is 5.06. The van der Waals surface area contributed by atoms with E-state index in [1.54, 1.807) is 44.7 Å². The molecule has 8 heteroatoms. The van der Waals surface area contributed by atoms with E-state index in [1.807, 2.05) is 17.6 Å². The number of rotatable bonds is 6. The molecular formula is C22H22N2O6. The Bertz CT molecular complexity index is 1180. The lowest BCUT2D eigenvalue weighted by atomic mass is 10.1. The van der Waals surface area contributed by atoms with Crippen LogP contribution in [0.3, 0.4) is 0 Å². The highest BCUT2D eigenvalue weighted by Crippen LogP contribution is 2.35. The molecule has 0 radical (unpaired) electrons. The molecular weight excluding hydrogens is 388 g/mol. The van der Waals surface area contributed by atoms with Gasteiger partial charge in [-0.1, -0.05) is 6.07 Å². The number of fused-ring (bicyclic) bond motifs is 2. The predicted octanol–water partition coefficient (Wildman–Crippen LogP) is 2.70. The van der Waals surface area contributed by atoms with Crippen LogP contribution in [0.2, 0.25) is 0 Å². The van der Waals surface area contributed by atoms with Gasteiger partial charge in [-0.25, -0.2) is 0 Å². The third kappa shape index (κ3) is 3.41. The van der Waals surface area contributed by atoms with Crippen LogP contribution in [-0.4, -0.2) is 31.5 Å². The Morgan fingerprint density at radius 1 is 1.10 bits per heavy atom. The molecule has 156 valence electrons. The topological polar surface area (TPSA) is 88.0 Å². The molecule has 0 saturated carbocycles. The van der Waals surface area contributed by atoms with Crippen molar-refractivity contribution in [2.45, 2.75) is 20.0 Å². The molecule has 30 heavy (non-hydrogen) atoms. The Balaban J connectivity index is 1.64. The van der Waals surface area contributed by atoms with Gasteiger partial charge in [0, 0.05) is 25.4 Å². The second-order valence-electron chi connectivity index (χ2n) is 6.75. The Kier molecular flexibility index (Phi) is 5.22. The van der Waals surface area contributed by atoms with E-state index in [1.165, 1.54) is 0 Å². The maximum absolute atomic E-state index is 13.0. The van der Waals surface area contributed by atoms with Gasteiger partial charge >= 0.3 is 0 Å². The van der Waals surface area contributed by atoms with Crippen LogP contribution in [-0.2, 0) is 13.1 Å². The predicted molar refractivity (Wildman–Crippen MR) is 111 cm³/mol. The number of hydrogen-bond acceptors (Lipinski definition) is 6. The van der Waals surface area contributed by atoms with E-state index >= 15 is 0 Å². The summed E-state index contributed by atoms with van der Waals surface area (Å²) < 4.78 is 23.2. The van der Waals surface area contributed by atoms with Crippen molar-refractivity contribution in [2.24, 2.45) is 0 Å². The number of amides is 1. The van der Waals surface area contributed by atoms with Gasteiger partial charge in [0.2, 0.25) is 12.2 Å². The molecule has 0 atom stereocenters. The van der Waals surface area contributed by atoms with Gasteiger partial charge in [-0.2, -0.15) is 0 Å². The highest BCUT2D eigenvalue weighted by molar-refractivity contribution is 5.97. The second kappa shape index (κ2) is 7.98. The van der Waals surface area contributed by atoms with Crippen molar-refractivity contribution in [1.29, 1.82) is 0 Å². The normalized spacial score (nSPS) is 12.1. The number of methoxy groups -OCH3 is 2. The van der Waals surface area contributed by atoms with Gasteiger partial charge in [-0.05, 0) is 30.7 Å². The standard InChI is InChI=1S/C22H22N2O6/c1-4-24-11-15(21(25)14-8-19-20(9-16(14)24)30-12-29-19)22(26)23-10-13-5-6-17(27-2)18(7-13)28-3/h5-9,11H,4,10,12H2,1-3H3,(H,23,26). The minimum atomic E-state index is -0.448. The highest BCUT2D eigenvalue weighted by Gasteiger charge is 2.20. The molecule has 4 rings (SSSR count). The van der Waals surface area contributed by atoms with Gasteiger partial charge in [0.05, 0.1) is 25.1 Å². The number of carbonyl (C=O) groups is 1. The first kappa shape index (κ1) is 19.6. The molecule has 0 spiro atoms. The fourth-order valence-electron chi connectivity index (χ4n) is 3.47. The second-order valence-corrected chi connectivity index (χ2v) is 6.75. The molecule has 1 aliphatic heterocycles. The lowest BCUT2D eigenvalue weighted by molar-refractivity contribution is 0.0949. The number of aromatic nitrogens is 1. The lowest BCUT2D eigenvalue weighted by Gasteiger charge is -2.13.